The fraction of sp³-hybridized carbons (Fsp3) is 0.316. The number of benzene rings is 2. The number of aryl methyl sites for hydroxylation is 1. The van der Waals surface area contributed by atoms with Crippen LogP contribution in [0.1, 0.15) is 30.5 Å². The van der Waals surface area contributed by atoms with Crippen LogP contribution in [0.15, 0.2) is 47.5 Å². The summed E-state index contributed by atoms with van der Waals surface area (Å²) in [5.41, 5.74) is 4.47. The molecular formula is C19H21FN2. The Bertz CT molecular complexity index is 719. The molecule has 0 saturated carbocycles. The summed E-state index contributed by atoms with van der Waals surface area (Å²) < 4.78 is 14.3. The molecule has 3 heteroatoms. The lowest BCUT2D eigenvalue weighted by Crippen LogP contribution is -2.23. The maximum atomic E-state index is 14.3. The van der Waals surface area contributed by atoms with Crippen molar-refractivity contribution in [3.63, 3.8) is 0 Å². The minimum atomic E-state index is -0.224. The third-order valence-corrected chi connectivity index (χ3v) is 4.13. The van der Waals surface area contributed by atoms with Gasteiger partial charge in [0.2, 0.25) is 0 Å². The summed E-state index contributed by atoms with van der Waals surface area (Å²) in [5.74, 6) is 0.169. The summed E-state index contributed by atoms with van der Waals surface area (Å²) in [6.07, 6.45) is 0. The van der Waals surface area contributed by atoms with Crippen LogP contribution in [0, 0.1) is 18.7 Å². The van der Waals surface area contributed by atoms with E-state index in [9.17, 15) is 4.39 Å². The van der Waals surface area contributed by atoms with Crippen molar-refractivity contribution >= 4 is 11.4 Å². The van der Waals surface area contributed by atoms with Crippen molar-refractivity contribution in [3.05, 3.63) is 65.0 Å². The highest BCUT2D eigenvalue weighted by Gasteiger charge is 2.23. The molecule has 1 aliphatic rings. The molecule has 2 aromatic rings. The van der Waals surface area contributed by atoms with Crippen LogP contribution in [-0.4, -0.2) is 18.3 Å². The fourth-order valence-corrected chi connectivity index (χ4v) is 2.76. The first-order chi connectivity index (χ1) is 10.6. The molecular weight excluding hydrogens is 275 g/mol. The van der Waals surface area contributed by atoms with Gasteiger partial charge in [-0.15, -0.1) is 0 Å². The van der Waals surface area contributed by atoms with Crippen LogP contribution < -0.4 is 5.32 Å². The van der Waals surface area contributed by atoms with Crippen molar-refractivity contribution in [3.8, 4) is 0 Å². The Hall–Kier alpha value is -2.16. The number of halogens is 1. The van der Waals surface area contributed by atoms with E-state index in [-0.39, 0.29) is 11.9 Å². The summed E-state index contributed by atoms with van der Waals surface area (Å²) in [6, 6.07) is 13.2. The molecule has 0 unspecified atom stereocenters. The lowest BCUT2D eigenvalue weighted by Gasteiger charge is -2.16. The average Bonchev–Trinajstić information content (AvgIpc) is 2.67. The Balaban J connectivity index is 2.21. The summed E-state index contributed by atoms with van der Waals surface area (Å²) >= 11 is 0. The molecule has 0 saturated heterocycles. The molecule has 2 aromatic carbocycles. The highest BCUT2D eigenvalue weighted by Crippen LogP contribution is 2.27. The summed E-state index contributed by atoms with van der Waals surface area (Å²) in [7, 11) is 0. The van der Waals surface area contributed by atoms with Crippen molar-refractivity contribution in [2.24, 2.45) is 10.9 Å². The van der Waals surface area contributed by atoms with Crippen molar-refractivity contribution in [1.29, 1.82) is 0 Å². The van der Waals surface area contributed by atoms with Crippen LogP contribution in [-0.2, 0) is 0 Å². The number of anilines is 1. The predicted molar refractivity (Wildman–Crippen MR) is 90.3 cm³/mol. The predicted octanol–water partition coefficient (Wildman–Crippen LogP) is 4.42. The molecule has 0 bridgehead atoms. The van der Waals surface area contributed by atoms with Gasteiger partial charge in [0, 0.05) is 23.4 Å². The van der Waals surface area contributed by atoms with Gasteiger partial charge in [-0.2, -0.15) is 0 Å². The van der Waals surface area contributed by atoms with Gasteiger partial charge >= 0.3 is 0 Å². The third-order valence-electron chi connectivity index (χ3n) is 4.13. The molecule has 1 heterocycles. The van der Waals surface area contributed by atoms with E-state index < -0.39 is 0 Å². The number of hydrogen-bond acceptors (Lipinski definition) is 2. The van der Waals surface area contributed by atoms with Crippen LogP contribution in [0.5, 0.6) is 0 Å². The maximum Gasteiger partial charge on any atom is 0.132 e. The van der Waals surface area contributed by atoms with Crippen molar-refractivity contribution in [1.82, 2.24) is 0 Å². The minimum Gasteiger partial charge on any atom is -0.382 e. The van der Waals surface area contributed by atoms with E-state index in [1.807, 2.05) is 19.1 Å². The first-order valence-corrected chi connectivity index (χ1v) is 7.74. The van der Waals surface area contributed by atoms with Gasteiger partial charge in [-0.1, -0.05) is 37.6 Å². The Morgan fingerprint density at radius 3 is 2.64 bits per heavy atom. The zero-order valence-corrected chi connectivity index (χ0v) is 13.2. The number of fused-ring (bicyclic) bond motifs is 1. The zero-order valence-electron chi connectivity index (χ0n) is 13.2. The van der Waals surface area contributed by atoms with E-state index in [4.69, 9.17) is 4.99 Å². The summed E-state index contributed by atoms with van der Waals surface area (Å²) in [5, 5.41) is 3.47. The molecule has 0 radical (unpaired) electrons. The molecule has 1 aliphatic heterocycles. The van der Waals surface area contributed by atoms with E-state index in [2.05, 4.69) is 37.4 Å². The quantitative estimate of drug-likeness (QED) is 0.871. The molecule has 0 amide bonds. The second-order valence-electron chi connectivity index (χ2n) is 6.20. The van der Waals surface area contributed by atoms with E-state index >= 15 is 0 Å². The van der Waals surface area contributed by atoms with Gasteiger partial charge in [0.05, 0.1) is 11.8 Å². The van der Waals surface area contributed by atoms with E-state index in [0.717, 1.165) is 29.1 Å². The van der Waals surface area contributed by atoms with E-state index in [1.165, 1.54) is 6.07 Å². The number of aliphatic imine (C=N–C) groups is 1. The normalized spacial score (nSPS) is 17.5. The lowest BCUT2D eigenvalue weighted by molar-refractivity contribution is 0.515. The third kappa shape index (κ3) is 2.76. The average molecular weight is 296 g/mol. The van der Waals surface area contributed by atoms with Gasteiger partial charge < -0.3 is 5.32 Å². The number of nitrogens with one attached hydrogen (secondary N) is 1. The Morgan fingerprint density at radius 2 is 1.91 bits per heavy atom. The topological polar surface area (TPSA) is 24.4 Å². The lowest BCUT2D eigenvalue weighted by atomic mass is 9.98. The molecule has 2 nitrogen and oxygen atoms in total. The number of benzodiazepines with no additional fused rings is 1. The molecule has 22 heavy (non-hydrogen) atoms. The number of hydrogen-bond donors (Lipinski definition) is 1. The largest absolute Gasteiger partial charge is 0.382 e. The first kappa shape index (κ1) is 14.8. The Labute approximate surface area is 131 Å². The first-order valence-electron chi connectivity index (χ1n) is 7.74. The van der Waals surface area contributed by atoms with Crippen LogP contribution in [0.3, 0.4) is 0 Å². The van der Waals surface area contributed by atoms with Gasteiger partial charge in [0.15, 0.2) is 0 Å². The molecule has 114 valence electrons. The SMILES string of the molecule is Cc1ccc2c(c1)C(c1ccccc1F)=N[C@@H](C(C)C)CN2. The molecule has 0 fully saturated rings. The van der Waals surface area contributed by atoms with Crippen LogP contribution in [0.4, 0.5) is 10.1 Å². The molecule has 0 aromatic heterocycles. The number of nitrogens with zero attached hydrogens (tertiary/aromatic N) is 1. The highest BCUT2D eigenvalue weighted by molar-refractivity contribution is 6.16. The fourth-order valence-electron chi connectivity index (χ4n) is 2.76. The Morgan fingerprint density at radius 1 is 1.14 bits per heavy atom. The molecule has 1 atom stereocenters. The van der Waals surface area contributed by atoms with Crippen LogP contribution >= 0.6 is 0 Å². The molecule has 3 rings (SSSR count). The van der Waals surface area contributed by atoms with Gasteiger partial charge in [0.25, 0.3) is 0 Å². The van der Waals surface area contributed by atoms with E-state index in [1.54, 1.807) is 6.07 Å². The Kier molecular flexibility index (Phi) is 3.97. The summed E-state index contributed by atoms with van der Waals surface area (Å²) in [4.78, 5) is 4.90. The summed E-state index contributed by atoms with van der Waals surface area (Å²) in [6.45, 7) is 7.11. The smallest absolute Gasteiger partial charge is 0.132 e. The van der Waals surface area contributed by atoms with Crippen LogP contribution in [0.2, 0.25) is 0 Å². The van der Waals surface area contributed by atoms with Crippen molar-refractivity contribution in [2.75, 3.05) is 11.9 Å². The second kappa shape index (κ2) is 5.91. The maximum absolute atomic E-state index is 14.3. The van der Waals surface area contributed by atoms with Crippen LogP contribution in [0.25, 0.3) is 0 Å². The van der Waals surface area contributed by atoms with Gasteiger partial charge in [-0.25, -0.2) is 4.39 Å². The number of rotatable bonds is 2. The van der Waals surface area contributed by atoms with E-state index in [0.29, 0.717) is 11.5 Å². The van der Waals surface area contributed by atoms with Crippen molar-refractivity contribution in [2.45, 2.75) is 26.8 Å². The zero-order chi connectivity index (χ0) is 15.7. The second-order valence-corrected chi connectivity index (χ2v) is 6.20. The minimum absolute atomic E-state index is 0.127. The molecule has 1 N–H and O–H groups in total. The van der Waals surface area contributed by atoms with Crippen molar-refractivity contribution < 1.29 is 4.39 Å². The van der Waals surface area contributed by atoms with Gasteiger partial charge in [-0.3, -0.25) is 4.99 Å². The standard InChI is InChI=1S/C19H21FN2/c1-12(2)18-11-21-17-9-8-13(3)10-15(17)19(22-18)14-6-4-5-7-16(14)20/h4-10,12,18,21H,11H2,1-3H3/t18-/m1/s1. The molecule has 0 aliphatic carbocycles. The monoisotopic (exact) mass is 296 g/mol. The molecule has 0 spiro atoms. The van der Waals surface area contributed by atoms with Gasteiger partial charge in [0.1, 0.15) is 5.82 Å². The highest BCUT2D eigenvalue weighted by atomic mass is 19.1. The van der Waals surface area contributed by atoms with Gasteiger partial charge in [-0.05, 0) is 37.1 Å².